The zero-order valence-electron chi connectivity index (χ0n) is 13.5. The van der Waals surface area contributed by atoms with Crippen molar-refractivity contribution in [2.75, 3.05) is 44.7 Å². The van der Waals surface area contributed by atoms with Gasteiger partial charge in [0.15, 0.2) is 0 Å². The predicted molar refractivity (Wildman–Crippen MR) is 99.1 cm³/mol. The topological polar surface area (TPSA) is 53.6 Å². The number of para-hydroxylation sites is 1. The molecule has 0 spiro atoms. The van der Waals surface area contributed by atoms with Gasteiger partial charge in [0.25, 0.3) is 0 Å². The standard InChI is InChI=1S/C16H25N3O2.2ClH/c1-19(14-7-3-2-4-8-14)11-6-5-9-18-16(20)15-13-17-10-12-21-15;;/h2-4,7-8,15,17H,5-6,9-13H2,1H3,(H,18,20);2*1H. The second-order valence-electron chi connectivity index (χ2n) is 5.32. The van der Waals surface area contributed by atoms with E-state index in [1.54, 1.807) is 0 Å². The molecule has 1 fully saturated rings. The number of morpholine rings is 1. The average molecular weight is 364 g/mol. The summed E-state index contributed by atoms with van der Waals surface area (Å²) in [5.41, 5.74) is 1.23. The lowest BCUT2D eigenvalue weighted by Gasteiger charge is -2.23. The number of amides is 1. The lowest BCUT2D eigenvalue weighted by Crippen LogP contribution is -2.48. The largest absolute Gasteiger partial charge is 0.375 e. The Bertz CT molecular complexity index is 429. The molecule has 0 aromatic heterocycles. The summed E-state index contributed by atoms with van der Waals surface area (Å²) in [4.78, 5) is 14.1. The molecule has 1 saturated heterocycles. The van der Waals surface area contributed by atoms with Gasteiger partial charge in [0.1, 0.15) is 6.10 Å². The number of carbonyl (C=O) groups is 1. The van der Waals surface area contributed by atoms with E-state index in [0.717, 1.165) is 25.9 Å². The van der Waals surface area contributed by atoms with Crippen molar-refractivity contribution >= 4 is 36.4 Å². The van der Waals surface area contributed by atoms with Gasteiger partial charge in [-0.25, -0.2) is 0 Å². The number of carbonyl (C=O) groups excluding carboxylic acids is 1. The number of halogens is 2. The molecule has 0 aliphatic carbocycles. The smallest absolute Gasteiger partial charge is 0.250 e. The molecular weight excluding hydrogens is 337 g/mol. The van der Waals surface area contributed by atoms with Crippen molar-refractivity contribution in [1.29, 1.82) is 0 Å². The molecule has 1 amide bonds. The molecule has 7 heteroatoms. The Labute approximate surface area is 151 Å². The van der Waals surface area contributed by atoms with Gasteiger partial charge in [0.05, 0.1) is 6.61 Å². The lowest BCUT2D eigenvalue weighted by molar-refractivity contribution is -0.134. The molecule has 1 aliphatic rings. The molecule has 1 unspecified atom stereocenters. The van der Waals surface area contributed by atoms with Crippen molar-refractivity contribution in [3.8, 4) is 0 Å². The van der Waals surface area contributed by atoms with Crippen LogP contribution < -0.4 is 15.5 Å². The van der Waals surface area contributed by atoms with Crippen LogP contribution in [0, 0.1) is 0 Å². The number of anilines is 1. The Morgan fingerprint density at radius 2 is 2.04 bits per heavy atom. The van der Waals surface area contributed by atoms with Crippen LogP contribution in [-0.4, -0.2) is 51.8 Å². The molecule has 1 aromatic rings. The maximum absolute atomic E-state index is 11.8. The van der Waals surface area contributed by atoms with E-state index < -0.39 is 0 Å². The maximum Gasteiger partial charge on any atom is 0.250 e. The minimum atomic E-state index is -0.328. The Balaban J connectivity index is 0.00000242. The highest BCUT2D eigenvalue weighted by Crippen LogP contribution is 2.11. The van der Waals surface area contributed by atoms with Gasteiger partial charge in [0.2, 0.25) is 5.91 Å². The summed E-state index contributed by atoms with van der Waals surface area (Å²) in [6.45, 7) is 3.75. The fourth-order valence-electron chi connectivity index (χ4n) is 2.34. The third kappa shape index (κ3) is 7.88. The van der Waals surface area contributed by atoms with Gasteiger partial charge >= 0.3 is 0 Å². The van der Waals surface area contributed by atoms with E-state index in [1.807, 2.05) is 18.2 Å². The van der Waals surface area contributed by atoms with Gasteiger partial charge in [-0.1, -0.05) is 18.2 Å². The van der Waals surface area contributed by atoms with Crippen LogP contribution in [0.25, 0.3) is 0 Å². The van der Waals surface area contributed by atoms with Gasteiger partial charge in [-0.05, 0) is 25.0 Å². The summed E-state index contributed by atoms with van der Waals surface area (Å²) in [6.07, 6.45) is 1.70. The lowest BCUT2D eigenvalue weighted by atomic mass is 10.2. The molecule has 1 aromatic carbocycles. The molecule has 0 bridgehead atoms. The fourth-order valence-corrected chi connectivity index (χ4v) is 2.34. The molecule has 23 heavy (non-hydrogen) atoms. The maximum atomic E-state index is 11.8. The number of hydrogen-bond donors (Lipinski definition) is 2. The molecule has 1 aliphatic heterocycles. The highest BCUT2D eigenvalue weighted by atomic mass is 35.5. The Morgan fingerprint density at radius 1 is 1.30 bits per heavy atom. The Hall–Kier alpha value is -1.01. The average Bonchev–Trinajstić information content (AvgIpc) is 2.55. The van der Waals surface area contributed by atoms with E-state index in [-0.39, 0.29) is 36.8 Å². The normalized spacial score (nSPS) is 16.7. The second kappa shape index (κ2) is 12.4. The molecule has 132 valence electrons. The number of nitrogens with one attached hydrogen (secondary N) is 2. The van der Waals surface area contributed by atoms with Crippen molar-refractivity contribution in [3.63, 3.8) is 0 Å². The summed E-state index contributed by atoms with van der Waals surface area (Å²) < 4.78 is 5.41. The second-order valence-corrected chi connectivity index (χ2v) is 5.32. The molecule has 0 radical (unpaired) electrons. The minimum absolute atomic E-state index is 0. The van der Waals surface area contributed by atoms with Crippen LogP contribution in [0.3, 0.4) is 0 Å². The number of ether oxygens (including phenoxy) is 1. The van der Waals surface area contributed by atoms with Gasteiger partial charge in [-0.15, -0.1) is 24.8 Å². The first-order chi connectivity index (χ1) is 10.3. The van der Waals surface area contributed by atoms with Crippen LogP contribution in [0.5, 0.6) is 0 Å². The van der Waals surface area contributed by atoms with Gasteiger partial charge < -0.3 is 20.3 Å². The van der Waals surface area contributed by atoms with Gasteiger partial charge in [0, 0.05) is 38.9 Å². The number of nitrogens with zero attached hydrogens (tertiary/aromatic N) is 1. The SMILES string of the molecule is CN(CCCCNC(=O)C1CNCCO1)c1ccccc1.Cl.Cl. The van der Waals surface area contributed by atoms with E-state index in [1.165, 1.54) is 5.69 Å². The first-order valence-corrected chi connectivity index (χ1v) is 7.63. The van der Waals surface area contributed by atoms with Crippen molar-refractivity contribution in [2.24, 2.45) is 0 Å². The van der Waals surface area contributed by atoms with E-state index in [2.05, 4.69) is 34.7 Å². The monoisotopic (exact) mass is 363 g/mol. The summed E-state index contributed by atoms with van der Waals surface area (Å²) in [5, 5.41) is 6.10. The van der Waals surface area contributed by atoms with Crippen molar-refractivity contribution < 1.29 is 9.53 Å². The zero-order valence-corrected chi connectivity index (χ0v) is 15.1. The molecule has 1 atom stereocenters. The number of benzene rings is 1. The fraction of sp³-hybridized carbons (Fsp3) is 0.562. The van der Waals surface area contributed by atoms with E-state index in [0.29, 0.717) is 19.7 Å². The predicted octanol–water partition coefficient (Wildman–Crippen LogP) is 1.85. The molecule has 2 rings (SSSR count). The van der Waals surface area contributed by atoms with E-state index >= 15 is 0 Å². The third-order valence-corrected chi connectivity index (χ3v) is 3.64. The van der Waals surface area contributed by atoms with Crippen molar-refractivity contribution in [2.45, 2.75) is 18.9 Å². The van der Waals surface area contributed by atoms with Crippen LogP contribution in [0.4, 0.5) is 5.69 Å². The summed E-state index contributed by atoms with van der Waals surface area (Å²) in [5.74, 6) is -0.00128. The molecule has 5 nitrogen and oxygen atoms in total. The van der Waals surface area contributed by atoms with E-state index in [9.17, 15) is 4.79 Å². The zero-order chi connectivity index (χ0) is 14.9. The third-order valence-electron chi connectivity index (χ3n) is 3.64. The van der Waals surface area contributed by atoms with Crippen molar-refractivity contribution in [1.82, 2.24) is 10.6 Å². The number of rotatable bonds is 7. The Morgan fingerprint density at radius 3 is 2.70 bits per heavy atom. The first kappa shape index (κ1) is 22.0. The summed E-state index contributed by atoms with van der Waals surface area (Å²) >= 11 is 0. The van der Waals surface area contributed by atoms with E-state index in [4.69, 9.17) is 4.74 Å². The van der Waals surface area contributed by atoms with Crippen LogP contribution >= 0.6 is 24.8 Å². The molecule has 1 heterocycles. The van der Waals surface area contributed by atoms with Crippen LogP contribution in [0.1, 0.15) is 12.8 Å². The van der Waals surface area contributed by atoms with Gasteiger partial charge in [-0.2, -0.15) is 0 Å². The highest BCUT2D eigenvalue weighted by molar-refractivity contribution is 5.85. The van der Waals surface area contributed by atoms with Crippen LogP contribution in [0.15, 0.2) is 30.3 Å². The molecule has 0 saturated carbocycles. The number of unbranched alkanes of at least 4 members (excludes halogenated alkanes) is 1. The quantitative estimate of drug-likeness (QED) is 0.726. The molecular formula is C16H27Cl2N3O2. The minimum Gasteiger partial charge on any atom is -0.375 e. The highest BCUT2D eigenvalue weighted by Gasteiger charge is 2.20. The molecule has 2 N–H and O–H groups in total. The van der Waals surface area contributed by atoms with Gasteiger partial charge in [-0.3, -0.25) is 4.79 Å². The first-order valence-electron chi connectivity index (χ1n) is 7.63. The van der Waals surface area contributed by atoms with Crippen LogP contribution in [-0.2, 0) is 9.53 Å². The Kier molecular flexibility index (Phi) is 11.9. The summed E-state index contributed by atoms with van der Waals surface area (Å²) in [6, 6.07) is 10.3. The number of hydrogen-bond acceptors (Lipinski definition) is 4. The summed E-state index contributed by atoms with van der Waals surface area (Å²) in [7, 11) is 2.09. The van der Waals surface area contributed by atoms with Crippen LogP contribution in [0.2, 0.25) is 0 Å². The van der Waals surface area contributed by atoms with Crippen molar-refractivity contribution in [3.05, 3.63) is 30.3 Å².